The second-order valence-corrected chi connectivity index (χ2v) is 6.32. The molecule has 5 heteroatoms. The molecule has 0 aliphatic heterocycles. The van der Waals surface area contributed by atoms with Gasteiger partial charge in [-0.05, 0) is 23.8 Å². The van der Waals surface area contributed by atoms with Crippen molar-refractivity contribution < 1.29 is 0 Å². The minimum absolute atomic E-state index is 0.699. The summed E-state index contributed by atoms with van der Waals surface area (Å²) in [6.45, 7) is 1.78. The Morgan fingerprint density at radius 1 is 1.39 bits per heavy atom. The van der Waals surface area contributed by atoms with Crippen LogP contribution in [0.2, 0.25) is 0 Å². The number of aryl methyl sites for hydroxylation is 1. The molecule has 0 radical (unpaired) electrons. The molecule has 1 aliphatic carbocycles. The predicted octanol–water partition coefficient (Wildman–Crippen LogP) is 2.23. The summed E-state index contributed by atoms with van der Waals surface area (Å²) >= 11 is 0. The van der Waals surface area contributed by atoms with Crippen molar-refractivity contribution in [2.24, 2.45) is 18.0 Å². The van der Waals surface area contributed by atoms with E-state index in [0.717, 1.165) is 19.0 Å². The van der Waals surface area contributed by atoms with Crippen molar-refractivity contribution in [1.82, 2.24) is 20.0 Å². The Hall–Kier alpha value is -2.30. The molecule has 0 amide bonds. The maximum Gasteiger partial charge on any atom is 0.193 e. The van der Waals surface area contributed by atoms with Gasteiger partial charge in [0.1, 0.15) is 0 Å². The van der Waals surface area contributed by atoms with Gasteiger partial charge in [-0.25, -0.2) is 0 Å². The zero-order valence-electron chi connectivity index (χ0n) is 14.1. The van der Waals surface area contributed by atoms with E-state index in [4.69, 9.17) is 0 Å². The van der Waals surface area contributed by atoms with E-state index in [0.29, 0.717) is 11.8 Å². The Morgan fingerprint density at radius 2 is 2.17 bits per heavy atom. The molecule has 122 valence electrons. The molecule has 1 N–H and O–H groups in total. The number of guanidine groups is 1. The first kappa shape index (κ1) is 15.6. The Balaban J connectivity index is 1.49. The van der Waals surface area contributed by atoms with E-state index in [1.807, 2.05) is 31.2 Å². The van der Waals surface area contributed by atoms with Crippen LogP contribution in [0.5, 0.6) is 0 Å². The van der Waals surface area contributed by atoms with Crippen LogP contribution >= 0.6 is 0 Å². The summed E-state index contributed by atoms with van der Waals surface area (Å²) in [6, 6.07) is 10.8. The standard InChI is InChI=1S/C18H25N5/c1-19-18(22(2)12-14-10-21-23(3)13-14)20-11-16-9-17(16)15-7-5-4-6-8-15/h4-8,10,13,16-17H,9,11-12H2,1-3H3,(H,19,20). The van der Waals surface area contributed by atoms with Crippen LogP contribution < -0.4 is 5.32 Å². The van der Waals surface area contributed by atoms with Crippen molar-refractivity contribution in [2.45, 2.75) is 18.9 Å². The fourth-order valence-electron chi connectivity index (χ4n) is 3.09. The fourth-order valence-corrected chi connectivity index (χ4v) is 3.09. The van der Waals surface area contributed by atoms with Crippen molar-refractivity contribution in [3.8, 4) is 0 Å². The summed E-state index contributed by atoms with van der Waals surface area (Å²) in [7, 11) is 5.83. The molecular weight excluding hydrogens is 286 g/mol. The van der Waals surface area contributed by atoms with E-state index in [1.54, 1.807) is 0 Å². The van der Waals surface area contributed by atoms with Crippen molar-refractivity contribution in [2.75, 3.05) is 20.6 Å². The van der Waals surface area contributed by atoms with Crippen molar-refractivity contribution >= 4 is 5.96 Å². The molecular formula is C18H25N5. The summed E-state index contributed by atoms with van der Waals surface area (Å²) in [5.41, 5.74) is 2.64. The van der Waals surface area contributed by atoms with Crippen molar-refractivity contribution in [3.63, 3.8) is 0 Å². The number of aromatic nitrogens is 2. The predicted molar refractivity (Wildman–Crippen MR) is 93.3 cm³/mol. The van der Waals surface area contributed by atoms with Crippen LogP contribution in [0.1, 0.15) is 23.5 Å². The van der Waals surface area contributed by atoms with Gasteiger partial charge in [-0.15, -0.1) is 0 Å². The number of hydrogen-bond donors (Lipinski definition) is 1. The van der Waals surface area contributed by atoms with E-state index >= 15 is 0 Å². The van der Waals surface area contributed by atoms with Crippen molar-refractivity contribution in [1.29, 1.82) is 0 Å². The smallest absolute Gasteiger partial charge is 0.193 e. The molecule has 5 nitrogen and oxygen atoms in total. The number of nitrogens with one attached hydrogen (secondary N) is 1. The van der Waals surface area contributed by atoms with Gasteiger partial charge in [0.25, 0.3) is 0 Å². The van der Waals surface area contributed by atoms with Gasteiger partial charge in [-0.1, -0.05) is 30.3 Å². The molecule has 23 heavy (non-hydrogen) atoms. The minimum Gasteiger partial charge on any atom is -0.356 e. The normalized spacial score (nSPS) is 20.4. The van der Waals surface area contributed by atoms with Crippen LogP contribution in [-0.2, 0) is 13.6 Å². The Morgan fingerprint density at radius 3 is 2.83 bits per heavy atom. The number of aliphatic imine (C=N–C) groups is 1. The molecule has 1 fully saturated rings. The fraction of sp³-hybridized carbons (Fsp3) is 0.444. The number of rotatable bonds is 5. The quantitative estimate of drug-likeness (QED) is 0.680. The maximum absolute atomic E-state index is 4.39. The van der Waals surface area contributed by atoms with Crippen molar-refractivity contribution in [3.05, 3.63) is 53.9 Å². The summed E-state index contributed by atoms with van der Waals surface area (Å²) in [4.78, 5) is 6.53. The molecule has 2 unspecified atom stereocenters. The average Bonchev–Trinajstić information content (AvgIpc) is 3.23. The van der Waals surface area contributed by atoms with E-state index in [-0.39, 0.29) is 0 Å². The third kappa shape index (κ3) is 3.92. The van der Waals surface area contributed by atoms with Gasteiger partial charge in [-0.2, -0.15) is 5.10 Å². The first-order valence-electron chi connectivity index (χ1n) is 8.11. The summed E-state index contributed by atoms with van der Waals surface area (Å²) < 4.78 is 1.83. The second kappa shape index (κ2) is 6.86. The Kier molecular flexibility index (Phi) is 4.65. The second-order valence-electron chi connectivity index (χ2n) is 6.32. The van der Waals surface area contributed by atoms with Gasteiger partial charge in [0.2, 0.25) is 0 Å². The van der Waals surface area contributed by atoms with Crippen LogP contribution in [0.4, 0.5) is 0 Å². The summed E-state index contributed by atoms with van der Waals surface area (Å²) in [5, 5.41) is 7.72. The number of hydrogen-bond acceptors (Lipinski definition) is 2. The lowest BCUT2D eigenvalue weighted by atomic mass is 10.1. The largest absolute Gasteiger partial charge is 0.356 e. The SMILES string of the molecule is CN=C(NCC1CC1c1ccccc1)N(C)Cc1cnn(C)c1. The van der Waals surface area contributed by atoms with E-state index in [1.165, 1.54) is 17.5 Å². The van der Waals surface area contributed by atoms with Crippen LogP contribution in [-0.4, -0.2) is 41.3 Å². The highest BCUT2D eigenvalue weighted by molar-refractivity contribution is 5.79. The third-order valence-electron chi connectivity index (χ3n) is 4.42. The highest BCUT2D eigenvalue weighted by Crippen LogP contribution is 2.46. The monoisotopic (exact) mass is 311 g/mol. The molecule has 2 atom stereocenters. The summed E-state index contributed by atoms with van der Waals surface area (Å²) in [6.07, 6.45) is 5.20. The maximum atomic E-state index is 4.39. The van der Waals surface area contributed by atoms with Crippen LogP contribution in [0.25, 0.3) is 0 Å². The zero-order valence-corrected chi connectivity index (χ0v) is 14.1. The number of nitrogens with zero attached hydrogens (tertiary/aromatic N) is 4. The molecule has 1 aromatic heterocycles. The molecule has 1 saturated carbocycles. The molecule has 1 heterocycles. The lowest BCUT2D eigenvalue weighted by molar-refractivity contribution is 0.474. The summed E-state index contributed by atoms with van der Waals surface area (Å²) in [5.74, 6) is 2.35. The van der Waals surface area contributed by atoms with Gasteiger partial charge in [0.15, 0.2) is 5.96 Å². The number of benzene rings is 1. The van der Waals surface area contributed by atoms with E-state index in [9.17, 15) is 0 Å². The Labute approximate surface area is 138 Å². The first-order chi connectivity index (χ1) is 11.2. The van der Waals surface area contributed by atoms with Crippen LogP contribution in [0.15, 0.2) is 47.7 Å². The first-order valence-corrected chi connectivity index (χ1v) is 8.11. The average molecular weight is 311 g/mol. The van der Waals surface area contributed by atoms with Crippen LogP contribution in [0, 0.1) is 5.92 Å². The lowest BCUT2D eigenvalue weighted by Crippen LogP contribution is -2.39. The molecule has 2 aromatic rings. The highest BCUT2D eigenvalue weighted by atomic mass is 15.3. The molecule has 0 saturated heterocycles. The van der Waals surface area contributed by atoms with E-state index < -0.39 is 0 Å². The molecule has 1 aromatic carbocycles. The van der Waals surface area contributed by atoms with Gasteiger partial charge in [0.05, 0.1) is 6.20 Å². The molecule has 1 aliphatic rings. The zero-order chi connectivity index (χ0) is 16.2. The Bertz CT molecular complexity index is 661. The van der Waals surface area contributed by atoms with Crippen LogP contribution in [0.3, 0.4) is 0 Å². The molecule has 3 rings (SSSR count). The van der Waals surface area contributed by atoms with Gasteiger partial charge < -0.3 is 10.2 Å². The minimum atomic E-state index is 0.699. The molecule has 0 bridgehead atoms. The van der Waals surface area contributed by atoms with Gasteiger partial charge in [-0.3, -0.25) is 9.67 Å². The third-order valence-corrected chi connectivity index (χ3v) is 4.42. The lowest BCUT2D eigenvalue weighted by Gasteiger charge is -2.21. The highest BCUT2D eigenvalue weighted by Gasteiger charge is 2.37. The van der Waals surface area contributed by atoms with Gasteiger partial charge >= 0.3 is 0 Å². The molecule has 0 spiro atoms. The van der Waals surface area contributed by atoms with E-state index in [2.05, 4.69) is 57.7 Å². The van der Waals surface area contributed by atoms with Gasteiger partial charge in [0, 0.05) is 46.0 Å². The topological polar surface area (TPSA) is 45.5 Å².